The van der Waals surface area contributed by atoms with Gasteiger partial charge in [-0.1, -0.05) is 0 Å². The third kappa shape index (κ3) is 3.05. The molecule has 1 aliphatic carbocycles. The van der Waals surface area contributed by atoms with Crippen LogP contribution >= 0.6 is 0 Å². The third-order valence-corrected chi connectivity index (χ3v) is 5.95. The number of sulfonamides is 1. The van der Waals surface area contributed by atoms with E-state index in [9.17, 15) is 8.42 Å². The summed E-state index contributed by atoms with van der Waals surface area (Å²) < 4.78 is 26.4. The van der Waals surface area contributed by atoms with Crippen LogP contribution in [0.2, 0.25) is 0 Å². The maximum absolute atomic E-state index is 12.4. The van der Waals surface area contributed by atoms with Crippen LogP contribution in [0.5, 0.6) is 0 Å². The molecular formula is C13H22N4O2S. The highest BCUT2D eigenvalue weighted by Gasteiger charge is 2.31. The fourth-order valence-electron chi connectivity index (χ4n) is 2.64. The predicted octanol–water partition coefficient (Wildman–Crippen LogP) is 0.871. The Morgan fingerprint density at radius 3 is 2.60 bits per heavy atom. The van der Waals surface area contributed by atoms with Gasteiger partial charge in [0.2, 0.25) is 0 Å². The number of aromatic nitrogens is 2. The van der Waals surface area contributed by atoms with Crippen LogP contribution in [0.3, 0.4) is 0 Å². The maximum Gasteiger partial charge on any atom is 0.260 e. The van der Waals surface area contributed by atoms with Gasteiger partial charge in [0.15, 0.2) is 5.03 Å². The first kappa shape index (κ1) is 14.0. The second-order valence-corrected chi connectivity index (χ2v) is 7.77. The molecule has 1 saturated heterocycles. The molecule has 2 fully saturated rings. The minimum Gasteiger partial charge on any atom is -0.332 e. The number of rotatable bonds is 5. The van der Waals surface area contributed by atoms with Gasteiger partial charge in [-0.3, -0.25) is 0 Å². The topological polar surface area (TPSA) is 78.1 Å². The van der Waals surface area contributed by atoms with Gasteiger partial charge < -0.3 is 10.3 Å². The van der Waals surface area contributed by atoms with Crippen LogP contribution in [-0.2, 0) is 10.0 Å². The molecule has 7 heteroatoms. The summed E-state index contributed by atoms with van der Waals surface area (Å²) in [4.78, 5) is 6.80. The van der Waals surface area contributed by atoms with E-state index in [0.29, 0.717) is 24.8 Å². The number of nitrogens with one attached hydrogen (secondary N) is 2. The molecule has 1 aliphatic heterocycles. The molecule has 0 aromatic carbocycles. The summed E-state index contributed by atoms with van der Waals surface area (Å²) in [5.74, 6) is 1.23. The van der Waals surface area contributed by atoms with Crippen LogP contribution in [-0.4, -0.2) is 48.4 Å². The maximum atomic E-state index is 12.4. The van der Waals surface area contributed by atoms with Gasteiger partial charge >= 0.3 is 0 Å². The summed E-state index contributed by atoms with van der Waals surface area (Å²) in [6, 6.07) is 0.727. The van der Waals surface area contributed by atoms with E-state index in [0.717, 1.165) is 25.4 Å². The number of hydrogen-bond donors (Lipinski definition) is 2. The van der Waals surface area contributed by atoms with Crippen LogP contribution in [0.4, 0.5) is 0 Å². The number of imidazole rings is 1. The molecule has 2 aliphatic rings. The normalized spacial score (nSPS) is 22.2. The van der Waals surface area contributed by atoms with Gasteiger partial charge in [-0.2, -0.15) is 4.31 Å². The lowest BCUT2D eigenvalue weighted by Crippen LogP contribution is -2.41. The van der Waals surface area contributed by atoms with Crippen molar-refractivity contribution >= 4 is 10.0 Å². The van der Waals surface area contributed by atoms with Crippen molar-refractivity contribution < 1.29 is 8.42 Å². The Balaban J connectivity index is 1.56. The van der Waals surface area contributed by atoms with Gasteiger partial charge in [-0.25, -0.2) is 13.4 Å². The van der Waals surface area contributed by atoms with Gasteiger partial charge in [0.1, 0.15) is 5.82 Å². The Hall–Kier alpha value is -0.920. The van der Waals surface area contributed by atoms with Crippen molar-refractivity contribution in [3.05, 3.63) is 12.0 Å². The van der Waals surface area contributed by atoms with Crippen LogP contribution in [0, 0.1) is 12.8 Å². The van der Waals surface area contributed by atoms with E-state index in [-0.39, 0.29) is 5.03 Å². The molecule has 0 unspecified atom stereocenters. The Bertz CT molecular complexity index is 557. The summed E-state index contributed by atoms with van der Waals surface area (Å²) >= 11 is 0. The summed E-state index contributed by atoms with van der Waals surface area (Å²) in [6.07, 6.45) is 5.88. The molecule has 3 rings (SSSR count). The van der Waals surface area contributed by atoms with Gasteiger partial charge in [0, 0.05) is 19.1 Å². The van der Waals surface area contributed by atoms with Crippen LogP contribution in [0.1, 0.15) is 31.5 Å². The monoisotopic (exact) mass is 298 g/mol. The zero-order valence-electron chi connectivity index (χ0n) is 11.8. The number of piperidine rings is 1. The van der Waals surface area contributed by atoms with Crippen molar-refractivity contribution in [3.8, 4) is 0 Å². The van der Waals surface area contributed by atoms with Crippen molar-refractivity contribution in [2.45, 2.75) is 43.7 Å². The molecule has 2 heterocycles. The van der Waals surface area contributed by atoms with E-state index < -0.39 is 10.0 Å². The number of aryl methyl sites for hydroxylation is 1. The molecule has 1 aromatic heterocycles. The Kier molecular flexibility index (Phi) is 3.83. The highest BCUT2D eigenvalue weighted by molar-refractivity contribution is 7.89. The Morgan fingerprint density at radius 2 is 2.05 bits per heavy atom. The van der Waals surface area contributed by atoms with Gasteiger partial charge in [0.05, 0.1) is 6.20 Å². The van der Waals surface area contributed by atoms with E-state index in [2.05, 4.69) is 15.3 Å². The molecule has 0 amide bonds. The molecule has 1 saturated carbocycles. The molecule has 1 aromatic rings. The van der Waals surface area contributed by atoms with Gasteiger partial charge in [0.25, 0.3) is 10.0 Å². The summed E-state index contributed by atoms with van der Waals surface area (Å²) in [6.45, 7) is 4.01. The molecule has 2 N–H and O–H groups in total. The number of aromatic amines is 1. The SMILES string of the molecule is Cc1ncc(S(=O)(=O)N2CCC(CNC3CC3)CC2)[nH]1. The van der Waals surface area contributed by atoms with Crippen LogP contribution < -0.4 is 5.32 Å². The van der Waals surface area contributed by atoms with Crippen molar-refractivity contribution in [1.29, 1.82) is 0 Å². The van der Waals surface area contributed by atoms with Crippen molar-refractivity contribution in [2.75, 3.05) is 19.6 Å². The number of nitrogens with zero attached hydrogens (tertiary/aromatic N) is 2. The first-order valence-electron chi connectivity index (χ1n) is 7.31. The lowest BCUT2D eigenvalue weighted by molar-refractivity contribution is 0.266. The molecule has 20 heavy (non-hydrogen) atoms. The zero-order valence-corrected chi connectivity index (χ0v) is 12.6. The van der Waals surface area contributed by atoms with Gasteiger partial charge in [-0.15, -0.1) is 0 Å². The smallest absolute Gasteiger partial charge is 0.260 e. The molecule has 0 atom stereocenters. The molecule has 0 spiro atoms. The molecule has 0 radical (unpaired) electrons. The van der Waals surface area contributed by atoms with Crippen molar-refractivity contribution in [3.63, 3.8) is 0 Å². The summed E-state index contributed by atoms with van der Waals surface area (Å²) in [7, 11) is -3.39. The largest absolute Gasteiger partial charge is 0.332 e. The van der Waals surface area contributed by atoms with E-state index in [1.165, 1.54) is 19.0 Å². The quantitative estimate of drug-likeness (QED) is 0.845. The fraction of sp³-hybridized carbons (Fsp3) is 0.769. The first-order chi connectivity index (χ1) is 9.55. The summed E-state index contributed by atoms with van der Waals surface area (Å²) in [5, 5.41) is 3.74. The average molecular weight is 298 g/mol. The lowest BCUT2D eigenvalue weighted by Gasteiger charge is -2.30. The van der Waals surface area contributed by atoms with E-state index in [1.807, 2.05) is 0 Å². The number of H-pyrrole nitrogens is 1. The van der Waals surface area contributed by atoms with Crippen LogP contribution in [0.15, 0.2) is 11.2 Å². The average Bonchev–Trinajstić information content (AvgIpc) is 3.17. The third-order valence-electron chi connectivity index (χ3n) is 4.14. The standard InChI is InChI=1S/C13H22N4O2S/c1-10-14-9-13(16-10)20(18,19)17-6-4-11(5-7-17)8-15-12-2-3-12/h9,11-12,15H,2-8H2,1H3,(H,14,16). The minimum absolute atomic E-state index is 0.213. The van der Waals surface area contributed by atoms with Crippen molar-refractivity contribution in [1.82, 2.24) is 19.6 Å². The van der Waals surface area contributed by atoms with E-state index in [4.69, 9.17) is 0 Å². The van der Waals surface area contributed by atoms with E-state index in [1.54, 1.807) is 11.2 Å². The fourth-order valence-corrected chi connectivity index (χ4v) is 4.08. The van der Waals surface area contributed by atoms with Crippen molar-refractivity contribution in [2.24, 2.45) is 5.92 Å². The second kappa shape index (κ2) is 5.46. The Labute approximate surface area is 120 Å². The second-order valence-electron chi connectivity index (χ2n) is 5.86. The Morgan fingerprint density at radius 1 is 1.35 bits per heavy atom. The van der Waals surface area contributed by atoms with Gasteiger partial charge in [-0.05, 0) is 45.1 Å². The molecular weight excluding hydrogens is 276 g/mol. The lowest BCUT2D eigenvalue weighted by atomic mass is 9.98. The highest BCUT2D eigenvalue weighted by Crippen LogP contribution is 2.24. The predicted molar refractivity (Wildman–Crippen MR) is 75.8 cm³/mol. The number of hydrogen-bond acceptors (Lipinski definition) is 4. The van der Waals surface area contributed by atoms with E-state index >= 15 is 0 Å². The van der Waals surface area contributed by atoms with Crippen LogP contribution in [0.25, 0.3) is 0 Å². The highest BCUT2D eigenvalue weighted by atomic mass is 32.2. The zero-order chi connectivity index (χ0) is 14.2. The minimum atomic E-state index is -3.39. The molecule has 6 nitrogen and oxygen atoms in total. The molecule has 0 bridgehead atoms. The first-order valence-corrected chi connectivity index (χ1v) is 8.75. The summed E-state index contributed by atoms with van der Waals surface area (Å²) in [5.41, 5.74) is 0. The molecule has 112 valence electrons.